The van der Waals surface area contributed by atoms with E-state index in [0.29, 0.717) is 11.8 Å². The lowest BCUT2D eigenvalue weighted by Gasteiger charge is -2.33. The van der Waals surface area contributed by atoms with Crippen molar-refractivity contribution in [1.29, 1.82) is 0 Å². The van der Waals surface area contributed by atoms with E-state index in [-0.39, 0.29) is 6.10 Å². The Kier molecular flexibility index (Phi) is 2.94. The average Bonchev–Trinajstić information content (AvgIpc) is 1.85. The van der Waals surface area contributed by atoms with Gasteiger partial charge >= 0.3 is 0 Å². The minimum absolute atomic E-state index is 0.0289. The van der Waals surface area contributed by atoms with Gasteiger partial charge in [-0.3, -0.25) is 0 Å². The fraction of sp³-hybridized carbons (Fsp3) is 1.00. The van der Waals surface area contributed by atoms with Crippen LogP contribution in [0.4, 0.5) is 0 Å². The number of rotatable bonds is 1. The lowest BCUT2D eigenvalue weighted by molar-refractivity contribution is 0.0266. The molecule has 0 amide bonds. The van der Waals surface area contributed by atoms with Crippen LogP contribution in [0.3, 0.4) is 0 Å². The molecule has 66 valence electrons. The molecule has 3 atom stereocenters. The smallest absolute Gasteiger partial charge is 0.0573 e. The topological polar surface area (TPSA) is 20.2 Å². The van der Waals surface area contributed by atoms with E-state index in [1.54, 1.807) is 0 Å². The highest BCUT2D eigenvalue weighted by molar-refractivity contribution is 4.79. The largest absolute Gasteiger partial charge is 0.393 e. The predicted molar refractivity (Wildman–Crippen MR) is 47.3 cm³/mol. The lowest BCUT2D eigenvalue weighted by Crippen LogP contribution is -2.31. The highest BCUT2D eigenvalue weighted by Crippen LogP contribution is 2.33. The standard InChI is InChI=1S/C10H20O/c1-7(2)9-5-4-8(3)6-10(9)11/h7-11H,4-6H2,1-3H3/t8?,9-,10?/m1/s1. The van der Waals surface area contributed by atoms with Crippen LogP contribution >= 0.6 is 0 Å². The maximum Gasteiger partial charge on any atom is 0.0573 e. The van der Waals surface area contributed by atoms with Gasteiger partial charge in [-0.05, 0) is 30.6 Å². The van der Waals surface area contributed by atoms with Crippen LogP contribution in [0.5, 0.6) is 0 Å². The Morgan fingerprint density at radius 3 is 2.36 bits per heavy atom. The second-order valence-electron chi connectivity index (χ2n) is 4.39. The first-order valence-corrected chi connectivity index (χ1v) is 4.79. The second-order valence-corrected chi connectivity index (χ2v) is 4.39. The van der Waals surface area contributed by atoms with Crippen molar-refractivity contribution in [3.8, 4) is 0 Å². The summed E-state index contributed by atoms with van der Waals surface area (Å²) >= 11 is 0. The van der Waals surface area contributed by atoms with Crippen LogP contribution in [0.15, 0.2) is 0 Å². The van der Waals surface area contributed by atoms with Gasteiger partial charge in [-0.1, -0.05) is 27.2 Å². The summed E-state index contributed by atoms with van der Waals surface area (Å²) in [4.78, 5) is 0. The molecule has 2 unspecified atom stereocenters. The van der Waals surface area contributed by atoms with Gasteiger partial charge in [-0.25, -0.2) is 0 Å². The lowest BCUT2D eigenvalue weighted by atomic mass is 9.75. The van der Waals surface area contributed by atoms with E-state index >= 15 is 0 Å². The molecule has 0 aromatic heterocycles. The third kappa shape index (κ3) is 2.19. The molecule has 11 heavy (non-hydrogen) atoms. The van der Waals surface area contributed by atoms with Gasteiger partial charge in [-0.15, -0.1) is 0 Å². The number of hydrogen-bond acceptors (Lipinski definition) is 1. The first-order valence-electron chi connectivity index (χ1n) is 4.79. The van der Waals surface area contributed by atoms with Crippen molar-refractivity contribution in [2.24, 2.45) is 17.8 Å². The van der Waals surface area contributed by atoms with Gasteiger partial charge in [0.15, 0.2) is 0 Å². The Morgan fingerprint density at radius 1 is 1.27 bits per heavy atom. The zero-order valence-electron chi connectivity index (χ0n) is 7.88. The van der Waals surface area contributed by atoms with Crippen molar-refractivity contribution >= 4 is 0 Å². The molecule has 1 N–H and O–H groups in total. The van der Waals surface area contributed by atoms with Crippen molar-refractivity contribution in [3.63, 3.8) is 0 Å². The summed E-state index contributed by atoms with van der Waals surface area (Å²) in [6, 6.07) is 0. The third-order valence-electron chi connectivity index (χ3n) is 2.99. The Morgan fingerprint density at radius 2 is 1.91 bits per heavy atom. The molecule has 1 fully saturated rings. The molecule has 0 heterocycles. The van der Waals surface area contributed by atoms with E-state index in [4.69, 9.17) is 0 Å². The highest BCUT2D eigenvalue weighted by Gasteiger charge is 2.28. The van der Waals surface area contributed by atoms with Crippen molar-refractivity contribution in [2.45, 2.75) is 46.1 Å². The van der Waals surface area contributed by atoms with E-state index in [1.165, 1.54) is 12.8 Å². The molecule has 0 aromatic rings. The summed E-state index contributed by atoms with van der Waals surface area (Å²) < 4.78 is 0. The second kappa shape index (κ2) is 3.57. The van der Waals surface area contributed by atoms with Gasteiger partial charge in [0.25, 0.3) is 0 Å². The fourth-order valence-electron chi connectivity index (χ4n) is 2.15. The molecular formula is C10H20O. The molecule has 1 nitrogen and oxygen atoms in total. The molecule has 0 spiro atoms. The Bertz CT molecular complexity index is 120. The summed E-state index contributed by atoms with van der Waals surface area (Å²) in [5.41, 5.74) is 0. The van der Waals surface area contributed by atoms with Crippen molar-refractivity contribution in [2.75, 3.05) is 0 Å². The Balaban J connectivity index is 2.44. The molecule has 0 aliphatic heterocycles. The van der Waals surface area contributed by atoms with Crippen LogP contribution in [0, 0.1) is 17.8 Å². The summed E-state index contributed by atoms with van der Waals surface area (Å²) in [5.74, 6) is 1.95. The van der Waals surface area contributed by atoms with Gasteiger partial charge in [0, 0.05) is 0 Å². The number of hydrogen-bond donors (Lipinski definition) is 1. The summed E-state index contributed by atoms with van der Waals surface area (Å²) in [6.45, 7) is 6.66. The fourth-order valence-corrected chi connectivity index (χ4v) is 2.15. The van der Waals surface area contributed by atoms with Gasteiger partial charge in [-0.2, -0.15) is 0 Å². The summed E-state index contributed by atoms with van der Waals surface area (Å²) in [7, 11) is 0. The Hall–Kier alpha value is -0.0400. The normalized spacial score (nSPS) is 39.5. The van der Waals surface area contributed by atoms with Crippen LogP contribution < -0.4 is 0 Å². The van der Waals surface area contributed by atoms with Crippen molar-refractivity contribution < 1.29 is 5.11 Å². The van der Waals surface area contributed by atoms with Crippen LogP contribution in [0.1, 0.15) is 40.0 Å². The Labute approximate surface area is 69.8 Å². The van der Waals surface area contributed by atoms with Crippen LogP contribution in [0.2, 0.25) is 0 Å². The van der Waals surface area contributed by atoms with E-state index in [2.05, 4.69) is 20.8 Å². The van der Waals surface area contributed by atoms with Gasteiger partial charge in [0.1, 0.15) is 0 Å². The minimum Gasteiger partial charge on any atom is -0.393 e. The molecule has 1 aliphatic rings. The van der Waals surface area contributed by atoms with Crippen LogP contribution in [-0.4, -0.2) is 11.2 Å². The van der Waals surface area contributed by atoms with E-state index in [9.17, 15) is 5.11 Å². The van der Waals surface area contributed by atoms with Crippen LogP contribution in [-0.2, 0) is 0 Å². The van der Waals surface area contributed by atoms with Crippen molar-refractivity contribution in [3.05, 3.63) is 0 Å². The molecule has 1 aliphatic carbocycles. The molecule has 0 radical (unpaired) electrons. The molecule has 1 heteroatoms. The maximum atomic E-state index is 9.71. The van der Waals surface area contributed by atoms with Gasteiger partial charge < -0.3 is 5.11 Å². The quantitative estimate of drug-likeness (QED) is 0.618. The SMILES string of the molecule is CC1CC[C@H](C(C)C)C(O)C1. The molecule has 0 saturated heterocycles. The third-order valence-corrected chi connectivity index (χ3v) is 2.99. The van der Waals surface area contributed by atoms with E-state index < -0.39 is 0 Å². The monoisotopic (exact) mass is 156 g/mol. The number of aliphatic hydroxyl groups is 1. The molecule has 0 aromatic carbocycles. The predicted octanol–water partition coefficient (Wildman–Crippen LogP) is 2.44. The zero-order valence-corrected chi connectivity index (χ0v) is 7.88. The van der Waals surface area contributed by atoms with Crippen molar-refractivity contribution in [1.82, 2.24) is 0 Å². The first kappa shape index (κ1) is 9.05. The zero-order chi connectivity index (χ0) is 8.43. The van der Waals surface area contributed by atoms with E-state index in [1.807, 2.05) is 0 Å². The van der Waals surface area contributed by atoms with Gasteiger partial charge in [0.05, 0.1) is 6.10 Å². The van der Waals surface area contributed by atoms with Crippen LogP contribution in [0.25, 0.3) is 0 Å². The van der Waals surface area contributed by atoms with Gasteiger partial charge in [0.2, 0.25) is 0 Å². The number of aliphatic hydroxyl groups excluding tert-OH is 1. The highest BCUT2D eigenvalue weighted by atomic mass is 16.3. The average molecular weight is 156 g/mol. The molecular weight excluding hydrogens is 136 g/mol. The maximum absolute atomic E-state index is 9.71. The molecule has 1 saturated carbocycles. The molecule has 0 bridgehead atoms. The minimum atomic E-state index is -0.0289. The first-order chi connectivity index (χ1) is 5.11. The van der Waals surface area contributed by atoms with E-state index in [0.717, 1.165) is 12.3 Å². The molecule has 1 rings (SSSR count). The summed E-state index contributed by atoms with van der Waals surface area (Å²) in [6.07, 6.45) is 3.52. The summed E-state index contributed by atoms with van der Waals surface area (Å²) in [5, 5.41) is 9.71.